The van der Waals surface area contributed by atoms with Crippen molar-refractivity contribution in [3.8, 4) is 5.75 Å². The third-order valence-corrected chi connectivity index (χ3v) is 1.74. The molecule has 0 spiro atoms. The Bertz CT molecular complexity index is 255. The van der Waals surface area contributed by atoms with Crippen molar-refractivity contribution in [1.29, 1.82) is 0 Å². The third kappa shape index (κ3) is 17.1. The predicted molar refractivity (Wildman–Crippen MR) is 71.3 cm³/mol. The van der Waals surface area contributed by atoms with Crippen LogP contribution < -0.4 is 11.3 Å². The molecule has 4 nitrogen and oxygen atoms in total. The average Bonchev–Trinajstić information content (AvgIpc) is 2.39. The van der Waals surface area contributed by atoms with Crippen LogP contribution in [0.3, 0.4) is 0 Å². The molecule has 0 saturated heterocycles. The normalized spacial score (nSPS) is 8.00. The van der Waals surface area contributed by atoms with Gasteiger partial charge in [-0.3, -0.25) is 10.2 Å². The summed E-state index contributed by atoms with van der Waals surface area (Å²) in [6.07, 6.45) is 3.09. The van der Waals surface area contributed by atoms with E-state index in [1.165, 1.54) is 12.8 Å². The van der Waals surface area contributed by atoms with Crippen molar-refractivity contribution < 1.29 is 9.90 Å². The van der Waals surface area contributed by atoms with E-state index in [2.05, 4.69) is 19.7 Å². The molecule has 0 aliphatic carbocycles. The Balaban J connectivity index is 0. The monoisotopic (exact) mass is 240 g/mol. The van der Waals surface area contributed by atoms with Gasteiger partial charge in [0.05, 0.1) is 0 Å². The quantitative estimate of drug-likeness (QED) is 0.422. The van der Waals surface area contributed by atoms with Crippen LogP contribution in [0.5, 0.6) is 5.75 Å². The fourth-order valence-electron chi connectivity index (χ4n) is 0.530. The minimum Gasteiger partial charge on any atom is -0.508 e. The van der Waals surface area contributed by atoms with Gasteiger partial charge in [0.25, 0.3) is 0 Å². The van der Waals surface area contributed by atoms with Gasteiger partial charge >= 0.3 is 0 Å². The van der Waals surface area contributed by atoms with E-state index in [9.17, 15) is 4.79 Å². The maximum Gasteiger partial charge on any atom is 0.233 e. The molecule has 1 aromatic rings. The second kappa shape index (κ2) is 14.5. The molecule has 0 atom stereocenters. The van der Waals surface area contributed by atoms with Crippen LogP contribution >= 0.6 is 0 Å². The standard InChI is InChI=1S/C6H6O.C4H10.C3H8N2O/c7-6-4-2-1-3-5-6;1-3-4-2;1-2-3(6)5-4/h1-5,7H;3-4H2,1-2H3;2,4H2,1H3,(H,5,6). The number of hydrazine groups is 1. The number of nitrogens with two attached hydrogens (primary N) is 1. The van der Waals surface area contributed by atoms with Crippen LogP contribution in [0.2, 0.25) is 0 Å². The van der Waals surface area contributed by atoms with Gasteiger partial charge in [-0.05, 0) is 12.1 Å². The van der Waals surface area contributed by atoms with Crippen LogP contribution in [0.15, 0.2) is 30.3 Å². The molecule has 1 rings (SSSR count). The zero-order valence-electron chi connectivity index (χ0n) is 10.9. The molecular formula is C13H24N2O2. The van der Waals surface area contributed by atoms with Crippen LogP contribution in [0.4, 0.5) is 0 Å². The molecule has 0 radical (unpaired) electrons. The fourth-order valence-corrected chi connectivity index (χ4v) is 0.530. The lowest BCUT2D eigenvalue weighted by Crippen LogP contribution is -2.28. The lowest BCUT2D eigenvalue weighted by molar-refractivity contribution is -0.120. The number of amides is 1. The van der Waals surface area contributed by atoms with Crippen molar-refractivity contribution in [2.45, 2.75) is 40.0 Å². The summed E-state index contributed by atoms with van der Waals surface area (Å²) >= 11 is 0. The molecule has 0 aromatic heterocycles. The summed E-state index contributed by atoms with van der Waals surface area (Å²) in [4.78, 5) is 9.94. The van der Waals surface area contributed by atoms with Gasteiger partial charge in [0.2, 0.25) is 5.91 Å². The van der Waals surface area contributed by atoms with Gasteiger partial charge in [0.1, 0.15) is 5.75 Å². The molecule has 0 fully saturated rings. The minimum atomic E-state index is -0.130. The first kappa shape index (κ1) is 17.8. The summed E-state index contributed by atoms with van der Waals surface area (Å²) in [6, 6.07) is 8.71. The van der Waals surface area contributed by atoms with E-state index in [4.69, 9.17) is 5.11 Å². The SMILES string of the molecule is CCC(=O)NN.CCCC.Oc1ccccc1. The topological polar surface area (TPSA) is 75.4 Å². The Morgan fingerprint density at radius 3 is 1.76 bits per heavy atom. The Morgan fingerprint density at radius 1 is 1.18 bits per heavy atom. The summed E-state index contributed by atoms with van der Waals surface area (Å²) in [5.41, 5.74) is 1.98. The van der Waals surface area contributed by atoms with Crippen LogP contribution in [-0.2, 0) is 4.79 Å². The van der Waals surface area contributed by atoms with E-state index >= 15 is 0 Å². The molecule has 0 unspecified atom stereocenters. The number of hydrogen-bond acceptors (Lipinski definition) is 3. The molecule has 1 aromatic carbocycles. The Kier molecular flexibility index (Phi) is 15.2. The van der Waals surface area contributed by atoms with Gasteiger partial charge in [-0.15, -0.1) is 0 Å². The maximum absolute atomic E-state index is 9.94. The van der Waals surface area contributed by atoms with Crippen molar-refractivity contribution >= 4 is 5.91 Å². The number of carbonyl (C=O) groups is 1. The maximum atomic E-state index is 9.94. The number of phenols is 1. The lowest BCUT2D eigenvalue weighted by atomic mass is 10.3. The van der Waals surface area contributed by atoms with Crippen LogP contribution in [0, 0.1) is 0 Å². The number of para-hydroxylation sites is 1. The number of aromatic hydroxyl groups is 1. The fraction of sp³-hybridized carbons (Fsp3) is 0.462. The Labute approximate surface area is 104 Å². The zero-order chi connectivity index (χ0) is 13.5. The van der Waals surface area contributed by atoms with E-state index in [-0.39, 0.29) is 5.91 Å². The minimum absolute atomic E-state index is 0.130. The summed E-state index contributed by atoms with van der Waals surface area (Å²) in [5.74, 6) is 4.88. The van der Waals surface area contributed by atoms with Gasteiger partial charge in [0.15, 0.2) is 0 Å². The highest BCUT2D eigenvalue weighted by molar-refractivity contribution is 5.74. The van der Waals surface area contributed by atoms with Gasteiger partial charge in [-0.1, -0.05) is 51.8 Å². The number of carbonyl (C=O) groups excluding carboxylic acids is 1. The molecule has 1 amide bonds. The van der Waals surface area contributed by atoms with Gasteiger partial charge in [0, 0.05) is 6.42 Å². The largest absolute Gasteiger partial charge is 0.508 e. The highest BCUT2D eigenvalue weighted by Gasteiger charge is 1.85. The first-order valence-electron chi connectivity index (χ1n) is 5.85. The van der Waals surface area contributed by atoms with E-state index in [0.29, 0.717) is 12.2 Å². The van der Waals surface area contributed by atoms with Crippen molar-refractivity contribution in [2.75, 3.05) is 0 Å². The van der Waals surface area contributed by atoms with Crippen molar-refractivity contribution in [1.82, 2.24) is 5.43 Å². The van der Waals surface area contributed by atoms with E-state index in [1.54, 1.807) is 31.2 Å². The highest BCUT2D eigenvalue weighted by Crippen LogP contribution is 2.02. The number of benzene rings is 1. The smallest absolute Gasteiger partial charge is 0.233 e. The molecule has 0 saturated carbocycles. The lowest BCUT2D eigenvalue weighted by Gasteiger charge is -1.87. The van der Waals surface area contributed by atoms with E-state index < -0.39 is 0 Å². The van der Waals surface area contributed by atoms with Crippen molar-refractivity contribution in [3.63, 3.8) is 0 Å². The highest BCUT2D eigenvalue weighted by atomic mass is 16.3. The number of rotatable bonds is 2. The zero-order valence-corrected chi connectivity index (χ0v) is 10.9. The summed E-state index contributed by atoms with van der Waals surface area (Å²) in [6.45, 7) is 6.10. The third-order valence-electron chi connectivity index (χ3n) is 1.74. The predicted octanol–water partition coefficient (Wildman–Crippen LogP) is 2.58. The first-order valence-corrected chi connectivity index (χ1v) is 5.85. The first-order chi connectivity index (χ1) is 8.12. The van der Waals surface area contributed by atoms with Gasteiger partial charge in [-0.25, -0.2) is 5.84 Å². The average molecular weight is 240 g/mol. The molecule has 0 bridgehead atoms. The van der Waals surface area contributed by atoms with Gasteiger partial charge in [-0.2, -0.15) is 0 Å². The summed E-state index contributed by atoms with van der Waals surface area (Å²) < 4.78 is 0. The van der Waals surface area contributed by atoms with Gasteiger partial charge < -0.3 is 5.11 Å². The number of phenolic OH excluding ortho intramolecular Hbond substituents is 1. The Hall–Kier alpha value is -1.55. The summed E-state index contributed by atoms with van der Waals surface area (Å²) in [7, 11) is 0. The van der Waals surface area contributed by atoms with E-state index in [0.717, 1.165) is 0 Å². The van der Waals surface area contributed by atoms with Crippen molar-refractivity contribution in [2.24, 2.45) is 5.84 Å². The van der Waals surface area contributed by atoms with Crippen LogP contribution in [0.1, 0.15) is 40.0 Å². The van der Waals surface area contributed by atoms with Crippen molar-refractivity contribution in [3.05, 3.63) is 30.3 Å². The second-order valence-corrected chi connectivity index (χ2v) is 3.26. The molecule has 98 valence electrons. The molecule has 4 N–H and O–H groups in total. The van der Waals surface area contributed by atoms with Crippen LogP contribution in [0.25, 0.3) is 0 Å². The van der Waals surface area contributed by atoms with E-state index in [1.807, 2.05) is 11.5 Å². The molecule has 0 aliphatic heterocycles. The molecule has 0 aliphatic rings. The number of hydrogen-bond donors (Lipinski definition) is 3. The molecule has 4 heteroatoms. The number of unbranched alkanes of at least 4 members (excludes halogenated alkanes) is 1. The molecule has 17 heavy (non-hydrogen) atoms. The number of nitrogens with one attached hydrogen (secondary N) is 1. The Morgan fingerprint density at radius 2 is 1.65 bits per heavy atom. The summed E-state index contributed by atoms with van der Waals surface area (Å²) in [5, 5.41) is 8.63. The molecular weight excluding hydrogens is 216 g/mol. The second-order valence-electron chi connectivity index (χ2n) is 3.26. The van der Waals surface area contributed by atoms with Crippen LogP contribution in [-0.4, -0.2) is 11.0 Å². The molecule has 0 heterocycles.